The first-order valence-corrected chi connectivity index (χ1v) is 6.46. The minimum Gasteiger partial charge on any atom is -0.324 e. The first-order valence-electron chi connectivity index (χ1n) is 6.46. The van der Waals surface area contributed by atoms with Crippen molar-refractivity contribution in [2.75, 3.05) is 0 Å². The summed E-state index contributed by atoms with van der Waals surface area (Å²) in [6.45, 7) is 0. The van der Waals surface area contributed by atoms with Crippen molar-refractivity contribution in [2.45, 2.75) is 24.9 Å². The lowest BCUT2D eigenvalue weighted by molar-refractivity contribution is 0.501. The second-order valence-corrected chi connectivity index (χ2v) is 5.00. The molecule has 18 heavy (non-hydrogen) atoms. The lowest BCUT2D eigenvalue weighted by Crippen LogP contribution is -2.24. The van der Waals surface area contributed by atoms with E-state index < -0.39 is 0 Å². The van der Waals surface area contributed by atoms with Gasteiger partial charge in [-0.05, 0) is 41.2 Å². The molecule has 2 nitrogen and oxygen atoms in total. The number of nitrogens with two attached hydrogens (primary N) is 2. The van der Waals surface area contributed by atoms with Crippen molar-refractivity contribution in [3.8, 4) is 11.1 Å². The van der Waals surface area contributed by atoms with E-state index in [9.17, 15) is 0 Å². The molecule has 0 aromatic heterocycles. The minimum atomic E-state index is 0.128. The molecule has 0 fully saturated rings. The molecule has 0 heterocycles. The third kappa shape index (κ3) is 1.94. The van der Waals surface area contributed by atoms with E-state index in [2.05, 4.69) is 42.5 Å². The molecule has 0 bridgehead atoms. The molecular formula is C16H18N2. The number of fused-ring (bicyclic) bond motifs is 1. The van der Waals surface area contributed by atoms with Gasteiger partial charge in [0.15, 0.2) is 0 Å². The summed E-state index contributed by atoms with van der Waals surface area (Å²) in [5.41, 5.74) is 17.2. The molecular weight excluding hydrogens is 220 g/mol. The van der Waals surface area contributed by atoms with Gasteiger partial charge in [-0.25, -0.2) is 0 Å². The van der Waals surface area contributed by atoms with Crippen LogP contribution in [0.4, 0.5) is 0 Å². The van der Waals surface area contributed by atoms with Crippen LogP contribution >= 0.6 is 0 Å². The van der Waals surface area contributed by atoms with Gasteiger partial charge in [-0.3, -0.25) is 0 Å². The maximum atomic E-state index is 6.20. The second-order valence-electron chi connectivity index (χ2n) is 5.00. The third-order valence-electron chi connectivity index (χ3n) is 3.78. The zero-order chi connectivity index (χ0) is 12.5. The second kappa shape index (κ2) is 4.56. The van der Waals surface area contributed by atoms with Crippen LogP contribution in [0.25, 0.3) is 11.1 Å². The van der Waals surface area contributed by atoms with Crippen LogP contribution in [0, 0.1) is 0 Å². The molecule has 0 spiro atoms. The molecule has 2 aromatic carbocycles. The predicted molar refractivity (Wildman–Crippen MR) is 75.0 cm³/mol. The molecule has 0 aliphatic heterocycles. The van der Waals surface area contributed by atoms with Crippen LogP contribution < -0.4 is 11.5 Å². The zero-order valence-electron chi connectivity index (χ0n) is 10.3. The van der Waals surface area contributed by atoms with Crippen LogP contribution in [0.5, 0.6) is 0 Å². The standard InChI is InChI=1S/C16H18N2/c17-15-8-9-16(18)14-10-12(6-7-13(14)15)11-4-2-1-3-5-11/h1-7,10,15-16H,8-9,17-18H2/t15-,16+/m0/s1. The van der Waals surface area contributed by atoms with Crippen molar-refractivity contribution in [2.24, 2.45) is 11.5 Å². The van der Waals surface area contributed by atoms with E-state index >= 15 is 0 Å². The van der Waals surface area contributed by atoms with Gasteiger partial charge in [0, 0.05) is 12.1 Å². The SMILES string of the molecule is N[C@@H]1CC[C@H](N)c2ccc(-c3ccccc3)cc21. The zero-order valence-corrected chi connectivity index (χ0v) is 10.3. The Labute approximate surface area is 108 Å². The van der Waals surface area contributed by atoms with E-state index in [1.807, 2.05) is 6.07 Å². The molecule has 0 saturated heterocycles. The van der Waals surface area contributed by atoms with Gasteiger partial charge in [-0.1, -0.05) is 42.5 Å². The average molecular weight is 238 g/mol. The molecule has 2 heteroatoms. The fourth-order valence-electron chi connectivity index (χ4n) is 2.71. The van der Waals surface area contributed by atoms with Crippen molar-refractivity contribution >= 4 is 0 Å². The van der Waals surface area contributed by atoms with Crippen LogP contribution in [0.1, 0.15) is 36.1 Å². The summed E-state index contributed by atoms with van der Waals surface area (Å²) < 4.78 is 0. The molecule has 2 atom stereocenters. The summed E-state index contributed by atoms with van der Waals surface area (Å²) in [4.78, 5) is 0. The van der Waals surface area contributed by atoms with Crippen LogP contribution in [-0.4, -0.2) is 0 Å². The van der Waals surface area contributed by atoms with Crippen molar-refractivity contribution in [3.63, 3.8) is 0 Å². The maximum absolute atomic E-state index is 6.20. The summed E-state index contributed by atoms with van der Waals surface area (Å²) in [5.74, 6) is 0. The topological polar surface area (TPSA) is 52.0 Å². The van der Waals surface area contributed by atoms with Gasteiger partial charge in [0.2, 0.25) is 0 Å². The van der Waals surface area contributed by atoms with E-state index in [-0.39, 0.29) is 12.1 Å². The van der Waals surface area contributed by atoms with Crippen LogP contribution in [0.2, 0.25) is 0 Å². The molecule has 92 valence electrons. The van der Waals surface area contributed by atoms with E-state index in [4.69, 9.17) is 11.5 Å². The molecule has 1 aliphatic carbocycles. The van der Waals surface area contributed by atoms with Gasteiger partial charge in [0.25, 0.3) is 0 Å². The van der Waals surface area contributed by atoms with Crippen LogP contribution in [0.3, 0.4) is 0 Å². The Bertz CT molecular complexity index is 548. The number of rotatable bonds is 1. The van der Waals surface area contributed by atoms with Crippen LogP contribution in [0.15, 0.2) is 48.5 Å². The summed E-state index contributed by atoms with van der Waals surface area (Å²) in [6.07, 6.45) is 1.96. The molecule has 0 amide bonds. The molecule has 0 saturated carbocycles. The van der Waals surface area contributed by atoms with Gasteiger partial charge in [0.1, 0.15) is 0 Å². The van der Waals surface area contributed by atoms with Gasteiger partial charge in [-0.15, -0.1) is 0 Å². The minimum absolute atomic E-state index is 0.128. The van der Waals surface area contributed by atoms with Crippen LogP contribution in [-0.2, 0) is 0 Å². The first-order chi connectivity index (χ1) is 8.75. The number of hydrogen-bond donors (Lipinski definition) is 2. The summed E-state index contributed by atoms with van der Waals surface area (Å²) >= 11 is 0. The molecule has 1 aliphatic rings. The quantitative estimate of drug-likeness (QED) is 0.802. The Morgan fingerprint density at radius 3 is 2.11 bits per heavy atom. The van der Waals surface area contributed by atoms with Crippen molar-refractivity contribution < 1.29 is 0 Å². The Kier molecular flexibility index (Phi) is 2.90. The number of benzene rings is 2. The van der Waals surface area contributed by atoms with E-state index in [1.165, 1.54) is 22.3 Å². The number of hydrogen-bond acceptors (Lipinski definition) is 2. The highest BCUT2D eigenvalue weighted by molar-refractivity contribution is 5.65. The first kappa shape index (κ1) is 11.5. The highest BCUT2D eigenvalue weighted by Gasteiger charge is 2.22. The Morgan fingerprint density at radius 2 is 1.39 bits per heavy atom. The Balaban J connectivity index is 2.08. The summed E-state index contributed by atoms with van der Waals surface area (Å²) in [7, 11) is 0. The lowest BCUT2D eigenvalue weighted by atomic mass is 9.83. The molecule has 4 N–H and O–H groups in total. The smallest absolute Gasteiger partial charge is 0.0299 e. The highest BCUT2D eigenvalue weighted by Crippen LogP contribution is 2.35. The summed E-state index contributed by atoms with van der Waals surface area (Å²) in [6, 6.07) is 17.1. The van der Waals surface area contributed by atoms with Crippen molar-refractivity contribution in [1.82, 2.24) is 0 Å². The van der Waals surface area contributed by atoms with Gasteiger partial charge >= 0.3 is 0 Å². The Morgan fingerprint density at radius 1 is 0.722 bits per heavy atom. The van der Waals surface area contributed by atoms with Gasteiger partial charge in [-0.2, -0.15) is 0 Å². The van der Waals surface area contributed by atoms with Gasteiger partial charge in [0.05, 0.1) is 0 Å². The largest absolute Gasteiger partial charge is 0.324 e. The normalized spacial score (nSPS) is 22.6. The van der Waals surface area contributed by atoms with E-state index in [0.717, 1.165) is 12.8 Å². The fourth-order valence-corrected chi connectivity index (χ4v) is 2.71. The molecule has 0 radical (unpaired) electrons. The average Bonchev–Trinajstić information content (AvgIpc) is 2.44. The van der Waals surface area contributed by atoms with Gasteiger partial charge < -0.3 is 11.5 Å². The van der Waals surface area contributed by atoms with Crippen molar-refractivity contribution in [1.29, 1.82) is 0 Å². The monoisotopic (exact) mass is 238 g/mol. The fraction of sp³-hybridized carbons (Fsp3) is 0.250. The Hall–Kier alpha value is -1.64. The summed E-state index contributed by atoms with van der Waals surface area (Å²) in [5, 5.41) is 0. The molecule has 2 aromatic rings. The highest BCUT2D eigenvalue weighted by atomic mass is 14.7. The predicted octanol–water partition coefficient (Wildman–Crippen LogP) is 3.15. The van der Waals surface area contributed by atoms with Crippen molar-refractivity contribution in [3.05, 3.63) is 59.7 Å². The molecule has 3 rings (SSSR count). The molecule has 0 unspecified atom stereocenters. The third-order valence-corrected chi connectivity index (χ3v) is 3.78. The maximum Gasteiger partial charge on any atom is 0.0299 e. The van der Waals surface area contributed by atoms with E-state index in [1.54, 1.807) is 0 Å². The van der Waals surface area contributed by atoms with E-state index in [0.29, 0.717) is 0 Å². The lowest BCUT2D eigenvalue weighted by Gasteiger charge is -2.27.